The third-order valence-corrected chi connectivity index (χ3v) is 4.17. The number of aromatic nitrogens is 1. The Labute approximate surface area is 127 Å². The van der Waals surface area contributed by atoms with E-state index in [1.165, 1.54) is 6.20 Å². The van der Waals surface area contributed by atoms with Gasteiger partial charge < -0.3 is 10.1 Å². The Hall–Kier alpha value is -1.18. The maximum absolute atomic E-state index is 12.0. The Morgan fingerprint density at radius 2 is 2.05 bits per heavy atom. The molecule has 0 fully saturated rings. The monoisotopic (exact) mass is 315 g/mol. The molecule has 0 radical (unpaired) electrons. The van der Waals surface area contributed by atoms with E-state index in [9.17, 15) is 8.42 Å². The van der Waals surface area contributed by atoms with Gasteiger partial charge >= 0.3 is 0 Å². The summed E-state index contributed by atoms with van der Waals surface area (Å²) < 4.78 is 32.1. The van der Waals surface area contributed by atoms with E-state index >= 15 is 0 Å². The predicted molar refractivity (Wildman–Crippen MR) is 83.9 cm³/mol. The maximum atomic E-state index is 12.0. The molecule has 1 aromatic rings. The molecule has 0 aliphatic rings. The van der Waals surface area contributed by atoms with Crippen molar-refractivity contribution in [3.63, 3.8) is 0 Å². The highest BCUT2D eigenvalue weighted by atomic mass is 32.2. The number of nitrogens with zero attached hydrogens (tertiary/aromatic N) is 1. The number of sulfonamides is 1. The predicted octanol–water partition coefficient (Wildman–Crippen LogP) is 2.00. The van der Waals surface area contributed by atoms with Gasteiger partial charge in [-0.3, -0.25) is 0 Å². The lowest BCUT2D eigenvalue weighted by Crippen LogP contribution is -2.25. The SMILES string of the molecule is CCNc1ccc(S(=O)(=O)NCCCCOC(C)C)cn1. The van der Waals surface area contributed by atoms with Gasteiger partial charge in [0, 0.05) is 25.9 Å². The molecule has 0 aliphatic carbocycles. The minimum absolute atomic E-state index is 0.183. The summed E-state index contributed by atoms with van der Waals surface area (Å²) in [5.41, 5.74) is 0. The lowest BCUT2D eigenvalue weighted by Gasteiger charge is -2.09. The van der Waals surface area contributed by atoms with Crippen molar-refractivity contribution >= 4 is 15.8 Å². The Morgan fingerprint density at radius 3 is 2.62 bits per heavy atom. The number of hydrogen-bond donors (Lipinski definition) is 2. The van der Waals surface area contributed by atoms with Crippen LogP contribution in [0.25, 0.3) is 0 Å². The fraction of sp³-hybridized carbons (Fsp3) is 0.643. The van der Waals surface area contributed by atoms with Crippen LogP contribution < -0.4 is 10.0 Å². The summed E-state index contributed by atoms with van der Waals surface area (Å²) >= 11 is 0. The van der Waals surface area contributed by atoms with Gasteiger partial charge in [-0.15, -0.1) is 0 Å². The van der Waals surface area contributed by atoms with Crippen LogP contribution in [0.3, 0.4) is 0 Å². The van der Waals surface area contributed by atoms with Crippen molar-refractivity contribution in [2.45, 2.75) is 44.6 Å². The Morgan fingerprint density at radius 1 is 1.29 bits per heavy atom. The van der Waals surface area contributed by atoms with Gasteiger partial charge in [-0.05, 0) is 45.7 Å². The smallest absolute Gasteiger partial charge is 0.242 e. The zero-order valence-electron chi connectivity index (χ0n) is 12.9. The van der Waals surface area contributed by atoms with Crippen molar-refractivity contribution in [2.24, 2.45) is 0 Å². The Kier molecular flexibility index (Phi) is 7.63. The third-order valence-electron chi connectivity index (χ3n) is 2.72. The molecular formula is C14H25N3O3S. The molecule has 0 spiro atoms. The molecule has 1 aromatic heterocycles. The highest BCUT2D eigenvalue weighted by molar-refractivity contribution is 7.89. The summed E-state index contributed by atoms with van der Waals surface area (Å²) in [5.74, 6) is 0.669. The molecule has 0 aromatic carbocycles. The van der Waals surface area contributed by atoms with Crippen LogP contribution in [-0.2, 0) is 14.8 Å². The van der Waals surface area contributed by atoms with E-state index in [4.69, 9.17) is 4.74 Å². The molecule has 1 heterocycles. The molecule has 21 heavy (non-hydrogen) atoms. The van der Waals surface area contributed by atoms with Crippen LogP contribution in [0.5, 0.6) is 0 Å². The Balaban J connectivity index is 2.39. The topological polar surface area (TPSA) is 80.3 Å². The van der Waals surface area contributed by atoms with Crippen LogP contribution in [0.15, 0.2) is 23.2 Å². The zero-order valence-corrected chi connectivity index (χ0v) is 13.7. The number of pyridine rings is 1. The number of anilines is 1. The van der Waals surface area contributed by atoms with Gasteiger partial charge in [-0.1, -0.05) is 0 Å². The van der Waals surface area contributed by atoms with E-state index in [2.05, 4.69) is 15.0 Å². The average molecular weight is 315 g/mol. The highest BCUT2D eigenvalue weighted by Crippen LogP contribution is 2.10. The molecule has 0 unspecified atom stereocenters. The Bertz CT molecular complexity index is 501. The van der Waals surface area contributed by atoms with Gasteiger partial charge in [0.15, 0.2) is 0 Å². The number of hydrogen-bond acceptors (Lipinski definition) is 5. The first-order valence-corrected chi connectivity index (χ1v) is 8.75. The van der Waals surface area contributed by atoms with Crippen LogP contribution in [0.4, 0.5) is 5.82 Å². The minimum Gasteiger partial charge on any atom is -0.379 e. The standard InChI is InChI=1S/C14H25N3O3S/c1-4-15-14-8-7-13(11-16-14)21(18,19)17-9-5-6-10-20-12(2)3/h7-8,11-12,17H,4-6,9-10H2,1-3H3,(H,15,16). The number of unbranched alkanes of at least 4 members (excludes halogenated alkanes) is 1. The molecule has 0 atom stereocenters. The molecule has 0 amide bonds. The van der Waals surface area contributed by atoms with Crippen LogP contribution in [0.1, 0.15) is 33.6 Å². The van der Waals surface area contributed by atoms with Gasteiger partial charge in [-0.2, -0.15) is 0 Å². The van der Waals surface area contributed by atoms with Crippen molar-refractivity contribution in [2.75, 3.05) is 25.0 Å². The molecule has 2 N–H and O–H groups in total. The highest BCUT2D eigenvalue weighted by Gasteiger charge is 2.13. The fourth-order valence-electron chi connectivity index (χ4n) is 1.66. The molecule has 0 saturated carbocycles. The third kappa shape index (κ3) is 6.88. The lowest BCUT2D eigenvalue weighted by molar-refractivity contribution is 0.0762. The minimum atomic E-state index is -3.48. The molecule has 0 bridgehead atoms. The van der Waals surface area contributed by atoms with Crippen LogP contribution >= 0.6 is 0 Å². The fourth-order valence-corrected chi connectivity index (χ4v) is 2.68. The quantitative estimate of drug-likeness (QED) is 0.646. The van der Waals surface area contributed by atoms with Gasteiger partial charge in [-0.25, -0.2) is 18.1 Å². The van der Waals surface area contributed by atoms with E-state index in [1.54, 1.807) is 12.1 Å². The maximum Gasteiger partial charge on any atom is 0.242 e. The van der Waals surface area contributed by atoms with Gasteiger partial charge in [0.05, 0.1) is 6.10 Å². The van der Waals surface area contributed by atoms with Crippen LogP contribution in [0, 0.1) is 0 Å². The van der Waals surface area contributed by atoms with E-state index < -0.39 is 10.0 Å². The van der Waals surface area contributed by atoms with E-state index in [1.807, 2.05) is 20.8 Å². The normalized spacial score (nSPS) is 11.8. The summed E-state index contributed by atoms with van der Waals surface area (Å²) in [7, 11) is -3.48. The van der Waals surface area contributed by atoms with Crippen molar-refractivity contribution in [1.82, 2.24) is 9.71 Å². The number of nitrogens with one attached hydrogen (secondary N) is 2. The van der Waals surface area contributed by atoms with Crippen LogP contribution in [0.2, 0.25) is 0 Å². The van der Waals surface area contributed by atoms with Crippen molar-refractivity contribution < 1.29 is 13.2 Å². The zero-order chi connectivity index (χ0) is 15.7. The van der Waals surface area contributed by atoms with E-state index in [0.29, 0.717) is 19.0 Å². The summed E-state index contributed by atoms with van der Waals surface area (Å²) in [6.07, 6.45) is 3.15. The summed E-state index contributed by atoms with van der Waals surface area (Å²) in [4.78, 5) is 4.24. The second-order valence-corrected chi connectivity index (χ2v) is 6.70. The molecule has 0 aliphatic heterocycles. The van der Waals surface area contributed by atoms with Crippen molar-refractivity contribution in [1.29, 1.82) is 0 Å². The van der Waals surface area contributed by atoms with Crippen molar-refractivity contribution in [3.05, 3.63) is 18.3 Å². The summed E-state index contributed by atoms with van der Waals surface area (Å²) in [5, 5.41) is 3.02. The first kappa shape index (κ1) is 17.9. The van der Waals surface area contributed by atoms with Crippen molar-refractivity contribution in [3.8, 4) is 0 Å². The second kappa shape index (κ2) is 8.96. The van der Waals surface area contributed by atoms with Crippen LogP contribution in [-0.4, -0.2) is 39.2 Å². The molecule has 1 rings (SSSR count). The number of ether oxygens (including phenoxy) is 1. The number of rotatable bonds is 10. The molecule has 0 saturated heterocycles. The molecular weight excluding hydrogens is 290 g/mol. The first-order valence-electron chi connectivity index (χ1n) is 7.27. The first-order chi connectivity index (χ1) is 9.95. The van der Waals surface area contributed by atoms with Gasteiger partial charge in [0.25, 0.3) is 0 Å². The molecule has 6 nitrogen and oxygen atoms in total. The van der Waals surface area contributed by atoms with E-state index in [-0.39, 0.29) is 11.0 Å². The largest absolute Gasteiger partial charge is 0.379 e. The summed E-state index contributed by atoms with van der Waals surface area (Å²) in [6.45, 7) is 7.71. The van der Waals surface area contributed by atoms with Gasteiger partial charge in [0.1, 0.15) is 10.7 Å². The second-order valence-electron chi connectivity index (χ2n) is 4.93. The lowest BCUT2D eigenvalue weighted by atomic mass is 10.3. The molecule has 120 valence electrons. The molecule has 7 heteroatoms. The van der Waals surface area contributed by atoms with E-state index in [0.717, 1.165) is 19.4 Å². The summed E-state index contributed by atoms with van der Waals surface area (Å²) in [6, 6.07) is 3.21. The van der Waals surface area contributed by atoms with Gasteiger partial charge in [0.2, 0.25) is 10.0 Å². The average Bonchev–Trinajstić information content (AvgIpc) is 2.43.